The molecule has 2 amide bonds. The van der Waals surface area contributed by atoms with Crippen LogP contribution in [0.25, 0.3) is 0 Å². The Morgan fingerprint density at radius 3 is 2.40 bits per heavy atom. The van der Waals surface area contributed by atoms with Crippen molar-refractivity contribution in [3.8, 4) is 5.75 Å². The minimum Gasteiger partial charge on any atom is -0.492 e. The molecule has 1 heterocycles. The van der Waals surface area contributed by atoms with Gasteiger partial charge < -0.3 is 26.4 Å². The lowest BCUT2D eigenvalue weighted by atomic mass is 10.1. The predicted octanol–water partition coefficient (Wildman–Crippen LogP) is 4.30. The van der Waals surface area contributed by atoms with Crippen LogP contribution in [0.1, 0.15) is 64.5 Å². The van der Waals surface area contributed by atoms with Gasteiger partial charge in [-0.1, -0.05) is 69.5 Å². The molecular formula is C31H48FN5O3. The summed E-state index contributed by atoms with van der Waals surface area (Å²) in [5, 5.41) is 8.93. The number of aryl methyl sites for hydroxylation is 2. The maximum absolute atomic E-state index is 12.5. The molecule has 3 rings (SSSR count). The lowest BCUT2D eigenvalue weighted by molar-refractivity contribution is -0.128. The molecule has 5 N–H and O–H groups in total. The van der Waals surface area contributed by atoms with Gasteiger partial charge in [-0.2, -0.15) is 0 Å². The molecule has 0 spiro atoms. The smallest absolute Gasteiger partial charge is 0.242 e. The highest BCUT2D eigenvalue weighted by molar-refractivity contribution is 5.90. The molecule has 1 aliphatic rings. The number of benzene rings is 2. The Kier molecular flexibility index (Phi) is 17.7. The number of amides is 2. The van der Waals surface area contributed by atoms with Crippen molar-refractivity contribution in [1.29, 1.82) is 0 Å². The van der Waals surface area contributed by atoms with Crippen LogP contribution in [-0.4, -0.2) is 56.0 Å². The largest absolute Gasteiger partial charge is 0.492 e. The Morgan fingerprint density at radius 2 is 1.75 bits per heavy atom. The molecule has 40 heavy (non-hydrogen) atoms. The first-order chi connectivity index (χ1) is 19.2. The van der Waals surface area contributed by atoms with Crippen molar-refractivity contribution in [2.45, 2.75) is 78.8 Å². The normalized spacial score (nSPS) is 18.8. The molecule has 2 aromatic rings. The summed E-state index contributed by atoms with van der Waals surface area (Å²) in [6.07, 6.45) is 4.19. The molecular weight excluding hydrogens is 509 g/mol. The standard InChI is InChI=1S/C21H33N5O3.C7H7F.C3H8/c1-3-7-17-21(28)23-11-6-9-16-8-4-5-10-18(16)29-14-15(2)24-12-19(22)25-13-20(27)26-17;1-6-2-4-7(8)5-3-6;1-3-2/h4-5,8,10,15,17,24H,3,6-7,9,11-14H2,1-2H3,(H2,22,25)(H,23,28)(H,26,27);2-5H,1H3;3H2,1-2H3/t15-,17?;;/m0../s1. The molecule has 222 valence electrons. The van der Waals surface area contributed by atoms with E-state index in [1.54, 1.807) is 12.1 Å². The molecule has 8 nitrogen and oxygen atoms in total. The van der Waals surface area contributed by atoms with E-state index in [2.05, 4.69) is 34.8 Å². The number of aliphatic imine (C=N–C) groups is 1. The van der Waals surface area contributed by atoms with Crippen LogP contribution >= 0.6 is 0 Å². The zero-order chi connectivity index (χ0) is 29.8. The molecule has 0 fully saturated rings. The molecule has 0 aliphatic carbocycles. The number of rotatable bonds is 2. The fourth-order valence-electron chi connectivity index (χ4n) is 3.58. The fourth-order valence-corrected chi connectivity index (χ4v) is 3.58. The average molecular weight is 558 g/mol. The zero-order valence-corrected chi connectivity index (χ0v) is 24.8. The van der Waals surface area contributed by atoms with Gasteiger partial charge in [0.15, 0.2) is 0 Å². The van der Waals surface area contributed by atoms with Gasteiger partial charge in [-0.15, -0.1) is 0 Å². The van der Waals surface area contributed by atoms with E-state index in [0.29, 0.717) is 32.0 Å². The molecule has 0 saturated carbocycles. The number of para-hydroxylation sites is 1. The third-order valence-corrected chi connectivity index (χ3v) is 5.68. The molecule has 1 aliphatic heterocycles. The summed E-state index contributed by atoms with van der Waals surface area (Å²) in [6.45, 7) is 11.4. The number of hydrogen-bond donors (Lipinski definition) is 4. The van der Waals surface area contributed by atoms with Crippen LogP contribution in [-0.2, 0) is 16.0 Å². The second-order valence-corrected chi connectivity index (χ2v) is 9.81. The Morgan fingerprint density at radius 1 is 1.07 bits per heavy atom. The lowest BCUT2D eigenvalue weighted by Crippen LogP contribution is -2.47. The topological polar surface area (TPSA) is 118 Å². The van der Waals surface area contributed by atoms with E-state index < -0.39 is 6.04 Å². The summed E-state index contributed by atoms with van der Waals surface area (Å²) < 4.78 is 18.1. The van der Waals surface area contributed by atoms with Crippen LogP contribution in [0.4, 0.5) is 4.39 Å². The Labute approximate surface area is 239 Å². The number of halogens is 1. The number of fused-ring (bicyclic) bond motifs is 1. The zero-order valence-electron chi connectivity index (χ0n) is 24.8. The molecule has 1 unspecified atom stereocenters. The SMILES string of the molecule is CCC.CCCC1NC(=O)CN=C(N)CN[C@@H](C)COc2ccccc2CCCNC1=O.Cc1ccc(F)cc1. The Bertz CT molecular complexity index is 1010. The van der Waals surface area contributed by atoms with E-state index >= 15 is 0 Å². The van der Waals surface area contributed by atoms with Crippen molar-refractivity contribution in [3.05, 3.63) is 65.5 Å². The molecule has 0 radical (unpaired) electrons. The molecule has 0 aromatic heterocycles. The van der Waals surface area contributed by atoms with E-state index in [1.165, 1.54) is 18.6 Å². The average Bonchev–Trinajstić information content (AvgIpc) is 2.94. The number of nitrogens with two attached hydrogens (primary N) is 1. The summed E-state index contributed by atoms with van der Waals surface area (Å²) >= 11 is 0. The molecule has 2 atom stereocenters. The van der Waals surface area contributed by atoms with E-state index in [4.69, 9.17) is 10.5 Å². The van der Waals surface area contributed by atoms with Gasteiger partial charge >= 0.3 is 0 Å². The maximum atomic E-state index is 12.5. The summed E-state index contributed by atoms with van der Waals surface area (Å²) in [5.41, 5.74) is 8.09. The van der Waals surface area contributed by atoms with Gasteiger partial charge in [0.05, 0.1) is 6.54 Å². The van der Waals surface area contributed by atoms with Gasteiger partial charge in [0.1, 0.15) is 36.6 Å². The molecule has 9 heteroatoms. The monoisotopic (exact) mass is 557 g/mol. The fraction of sp³-hybridized carbons (Fsp3) is 0.516. The number of carbonyl (C=O) groups excluding carboxylic acids is 2. The van der Waals surface area contributed by atoms with E-state index in [-0.39, 0.29) is 30.2 Å². The first-order valence-electron chi connectivity index (χ1n) is 14.2. The van der Waals surface area contributed by atoms with Gasteiger partial charge in [0.25, 0.3) is 0 Å². The van der Waals surface area contributed by atoms with Gasteiger partial charge in [0.2, 0.25) is 11.8 Å². The van der Waals surface area contributed by atoms with Crippen molar-refractivity contribution in [2.75, 3.05) is 26.2 Å². The second kappa shape index (κ2) is 20.4. The predicted molar refractivity (Wildman–Crippen MR) is 161 cm³/mol. The third kappa shape index (κ3) is 15.2. The summed E-state index contributed by atoms with van der Waals surface area (Å²) in [5.74, 6) is 0.540. The number of nitrogens with one attached hydrogen (secondary N) is 3. The first-order valence-corrected chi connectivity index (χ1v) is 14.2. The Balaban J connectivity index is 0.000000606. The molecule has 0 bridgehead atoms. The highest BCUT2D eigenvalue weighted by Crippen LogP contribution is 2.19. The minimum atomic E-state index is -0.559. The van der Waals surface area contributed by atoms with E-state index in [9.17, 15) is 14.0 Å². The number of ether oxygens (including phenoxy) is 1. The summed E-state index contributed by atoms with van der Waals surface area (Å²) in [6, 6.07) is 13.8. The molecule has 0 saturated heterocycles. The van der Waals surface area contributed by atoms with Crippen molar-refractivity contribution in [1.82, 2.24) is 16.0 Å². The van der Waals surface area contributed by atoms with Crippen molar-refractivity contribution in [2.24, 2.45) is 10.7 Å². The van der Waals surface area contributed by atoms with Crippen molar-refractivity contribution in [3.63, 3.8) is 0 Å². The molecule has 2 aromatic carbocycles. The van der Waals surface area contributed by atoms with Gasteiger partial charge in [-0.05, 0) is 56.9 Å². The first kappa shape index (κ1) is 34.6. The van der Waals surface area contributed by atoms with E-state index in [0.717, 1.165) is 36.1 Å². The van der Waals surface area contributed by atoms with Crippen LogP contribution in [0.5, 0.6) is 5.75 Å². The van der Waals surface area contributed by atoms with Crippen LogP contribution in [0, 0.1) is 12.7 Å². The highest BCUT2D eigenvalue weighted by atomic mass is 19.1. The van der Waals surface area contributed by atoms with Crippen molar-refractivity contribution >= 4 is 17.6 Å². The summed E-state index contributed by atoms with van der Waals surface area (Å²) in [7, 11) is 0. The summed E-state index contributed by atoms with van der Waals surface area (Å²) in [4.78, 5) is 28.7. The number of carbonyl (C=O) groups is 2. The minimum absolute atomic E-state index is 0.0674. The van der Waals surface area contributed by atoms with Crippen LogP contribution in [0.15, 0.2) is 53.5 Å². The third-order valence-electron chi connectivity index (χ3n) is 5.68. The van der Waals surface area contributed by atoms with Gasteiger partial charge in [0, 0.05) is 12.6 Å². The number of amidine groups is 1. The second-order valence-electron chi connectivity index (χ2n) is 9.81. The Hall–Kier alpha value is -3.46. The van der Waals surface area contributed by atoms with Crippen LogP contribution < -0.4 is 26.4 Å². The van der Waals surface area contributed by atoms with Crippen LogP contribution in [0.3, 0.4) is 0 Å². The van der Waals surface area contributed by atoms with Crippen molar-refractivity contribution < 1.29 is 18.7 Å². The van der Waals surface area contributed by atoms with Gasteiger partial charge in [-0.25, -0.2) is 4.39 Å². The van der Waals surface area contributed by atoms with Gasteiger partial charge in [-0.3, -0.25) is 14.6 Å². The van der Waals surface area contributed by atoms with Crippen LogP contribution in [0.2, 0.25) is 0 Å². The maximum Gasteiger partial charge on any atom is 0.242 e. The lowest BCUT2D eigenvalue weighted by Gasteiger charge is -2.19. The van der Waals surface area contributed by atoms with E-state index in [1.807, 2.05) is 45.0 Å². The highest BCUT2D eigenvalue weighted by Gasteiger charge is 2.19. The number of nitrogens with zero attached hydrogens (tertiary/aromatic N) is 1. The quantitative estimate of drug-likeness (QED) is 0.439. The number of hydrogen-bond acceptors (Lipinski definition) is 6.